The van der Waals surface area contributed by atoms with Gasteiger partial charge in [-0.25, -0.2) is 0 Å². The molecule has 8 nitrogen and oxygen atoms in total. The molecule has 164 valence electrons. The second kappa shape index (κ2) is 10.1. The van der Waals surface area contributed by atoms with Crippen molar-refractivity contribution in [3.8, 4) is 0 Å². The molecule has 1 heterocycles. The van der Waals surface area contributed by atoms with Crippen LogP contribution >= 0.6 is 0 Å². The molecule has 1 saturated heterocycles. The predicted molar refractivity (Wildman–Crippen MR) is 118 cm³/mol. The van der Waals surface area contributed by atoms with Crippen LogP contribution in [0.25, 0.3) is 0 Å². The van der Waals surface area contributed by atoms with Gasteiger partial charge in [0.05, 0.1) is 10.8 Å². The zero-order chi connectivity index (χ0) is 22.4. The summed E-state index contributed by atoms with van der Waals surface area (Å²) in [6.45, 7) is 4.77. The van der Waals surface area contributed by atoms with Crippen molar-refractivity contribution in [2.24, 2.45) is 5.92 Å². The molecule has 1 aliphatic rings. The van der Waals surface area contributed by atoms with Gasteiger partial charge in [-0.05, 0) is 36.5 Å². The first-order chi connectivity index (χ1) is 14.9. The van der Waals surface area contributed by atoms with Gasteiger partial charge in [0.2, 0.25) is 0 Å². The Kier molecular flexibility index (Phi) is 7.23. The number of carbonyl (C=O) groups is 2. The van der Waals surface area contributed by atoms with E-state index in [1.165, 1.54) is 6.07 Å². The fourth-order valence-electron chi connectivity index (χ4n) is 3.80. The smallest absolute Gasteiger partial charge is 0.309 e. The number of anilines is 2. The van der Waals surface area contributed by atoms with Crippen LogP contribution in [0.3, 0.4) is 0 Å². The largest absolute Gasteiger partial charge is 0.455 e. The SMILES string of the molecule is CC(C)c1ccccc1NC(=O)COC(=O)C1CCN(c2ccccc2[N+](=O)[O-])CC1. The van der Waals surface area contributed by atoms with Crippen LogP contribution < -0.4 is 10.2 Å². The average Bonchev–Trinajstić information content (AvgIpc) is 2.77. The third-order valence-corrected chi connectivity index (χ3v) is 5.45. The van der Waals surface area contributed by atoms with Crippen molar-refractivity contribution in [3.63, 3.8) is 0 Å². The van der Waals surface area contributed by atoms with Gasteiger partial charge in [0.15, 0.2) is 6.61 Å². The molecule has 31 heavy (non-hydrogen) atoms. The molecule has 1 amide bonds. The van der Waals surface area contributed by atoms with Crippen molar-refractivity contribution in [3.05, 3.63) is 64.2 Å². The number of nitrogens with zero attached hydrogens (tertiary/aromatic N) is 2. The van der Waals surface area contributed by atoms with Crippen LogP contribution in [0, 0.1) is 16.0 Å². The van der Waals surface area contributed by atoms with Gasteiger partial charge in [-0.2, -0.15) is 0 Å². The lowest BCUT2D eigenvalue weighted by Gasteiger charge is -2.32. The summed E-state index contributed by atoms with van der Waals surface area (Å²) in [6, 6.07) is 14.1. The van der Waals surface area contributed by atoms with E-state index in [1.54, 1.807) is 18.2 Å². The summed E-state index contributed by atoms with van der Waals surface area (Å²) in [5.74, 6) is -0.854. The van der Waals surface area contributed by atoms with E-state index >= 15 is 0 Å². The number of benzene rings is 2. The van der Waals surface area contributed by atoms with Crippen molar-refractivity contribution >= 4 is 28.9 Å². The highest BCUT2D eigenvalue weighted by molar-refractivity contribution is 5.93. The van der Waals surface area contributed by atoms with Crippen molar-refractivity contribution in [1.29, 1.82) is 0 Å². The topological polar surface area (TPSA) is 102 Å². The Hall–Kier alpha value is -3.42. The summed E-state index contributed by atoms with van der Waals surface area (Å²) in [5.41, 5.74) is 2.35. The molecule has 2 aromatic rings. The number of nitro benzene ring substituents is 1. The summed E-state index contributed by atoms with van der Waals surface area (Å²) >= 11 is 0. The third kappa shape index (κ3) is 5.59. The molecular formula is C23H27N3O5. The lowest BCUT2D eigenvalue weighted by Crippen LogP contribution is -2.37. The second-order valence-corrected chi connectivity index (χ2v) is 7.90. The van der Waals surface area contributed by atoms with E-state index in [2.05, 4.69) is 5.32 Å². The highest BCUT2D eigenvalue weighted by Gasteiger charge is 2.29. The van der Waals surface area contributed by atoms with Gasteiger partial charge in [0.1, 0.15) is 5.69 Å². The predicted octanol–water partition coefficient (Wildman–Crippen LogP) is 4.12. The van der Waals surface area contributed by atoms with Crippen molar-refractivity contribution in [1.82, 2.24) is 0 Å². The monoisotopic (exact) mass is 425 g/mol. The van der Waals surface area contributed by atoms with Gasteiger partial charge < -0.3 is 15.0 Å². The van der Waals surface area contributed by atoms with Gasteiger partial charge >= 0.3 is 5.97 Å². The number of carbonyl (C=O) groups excluding carboxylic acids is 2. The third-order valence-electron chi connectivity index (χ3n) is 5.45. The molecule has 0 saturated carbocycles. The highest BCUT2D eigenvalue weighted by Crippen LogP contribution is 2.31. The molecule has 1 fully saturated rings. The minimum Gasteiger partial charge on any atom is -0.455 e. The van der Waals surface area contributed by atoms with Gasteiger partial charge in [0.25, 0.3) is 11.6 Å². The Labute approximate surface area is 181 Å². The van der Waals surface area contributed by atoms with E-state index in [4.69, 9.17) is 4.74 Å². The molecule has 0 aliphatic carbocycles. The number of ether oxygens (including phenoxy) is 1. The maximum Gasteiger partial charge on any atom is 0.309 e. The minimum absolute atomic E-state index is 0.0573. The van der Waals surface area contributed by atoms with Crippen LogP contribution in [0.5, 0.6) is 0 Å². The van der Waals surface area contributed by atoms with E-state index in [1.807, 2.05) is 43.0 Å². The lowest BCUT2D eigenvalue weighted by molar-refractivity contribution is -0.384. The van der Waals surface area contributed by atoms with Crippen LogP contribution in [-0.4, -0.2) is 36.5 Å². The van der Waals surface area contributed by atoms with Gasteiger partial charge in [-0.15, -0.1) is 0 Å². The number of amides is 1. The standard InChI is InChI=1S/C23H27N3O5/c1-16(2)18-7-3-4-8-19(18)24-22(27)15-31-23(28)17-11-13-25(14-12-17)20-9-5-6-10-21(20)26(29)30/h3-10,16-17H,11-15H2,1-2H3,(H,24,27). The van der Waals surface area contributed by atoms with Crippen LogP contribution in [0.15, 0.2) is 48.5 Å². The van der Waals surface area contributed by atoms with Crippen LogP contribution in [-0.2, 0) is 14.3 Å². The van der Waals surface area contributed by atoms with Crippen molar-refractivity contribution < 1.29 is 19.2 Å². The average molecular weight is 425 g/mol. The molecular weight excluding hydrogens is 398 g/mol. The highest BCUT2D eigenvalue weighted by atomic mass is 16.6. The van der Waals surface area contributed by atoms with Crippen LogP contribution in [0.4, 0.5) is 17.1 Å². The fraction of sp³-hybridized carbons (Fsp3) is 0.391. The Balaban J connectivity index is 1.50. The van der Waals surface area contributed by atoms with Crippen LogP contribution in [0.1, 0.15) is 38.2 Å². The van der Waals surface area contributed by atoms with Crippen molar-refractivity contribution in [2.75, 3.05) is 29.9 Å². The zero-order valence-electron chi connectivity index (χ0n) is 17.7. The number of nitro groups is 1. The normalized spacial score (nSPS) is 14.4. The Bertz CT molecular complexity index is 952. The van der Waals surface area contributed by atoms with Gasteiger partial charge in [-0.1, -0.05) is 44.2 Å². The summed E-state index contributed by atoms with van der Waals surface area (Å²) in [5, 5.41) is 14.0. The number of para-hydroxylation sites is 3. The van der Waals surface area contributed by atoms with E-state index in [-0.39, 0.29) is 30.0 Å². The molecule has 3 rings (SSSR count). The first kappa shape index (κ1) is 22.3. The molecule has 2 aromatic carbocycles. The molecule has 1 aliphatic heterocycles. The van der Waals surface area contributed by atoms with E-state index < -0.39 is 10.9 Å². The quantitative estimate of drug-likeness (QED) is 0.407. The van der Waals surface area contributed by atoms with E-state index in [0.29, 0.717) is 31.6 Å². The van der Waals surface area contributed by atoms with Crippen LogP contribution in [0.2, 0.25) is 0 Å². The zero-order valence-corrected chi connectivity index (χ0v) is 17.7. The number of hydrogen-bond acceptors (Lipinski definition) is 6. The summed E-state index contributed by atoms with van der Waals surface area (Å²) in [6.07, 6.45) is 1.03. The molecule has 1 N–H and O–H groups in total. The molecule has 0 unspecified atom stereocenters. The van der Waals surface area contributed by atoms with Crippen molar-refractivity contribution in [2.45, 2.75) is 32.6 Å². The Morgan fingerprint density at radius 1 is 1.13 bits per heavy atom. The molecule has 0 spiro atoms. The summed E-state index contributed by atoms with van der Waals surface area (Å²) in [4.78, 5) is 37.4. The maximum atomic E-state index is 12.4. The second-order valence-electron chi connectivity index (χ2n) is 7.90. The van der Waals surface area contributed by atoms with Gasteiger partial charge in [-0.3, -0.25) is 19.7 Å². The molecule has 0 radical (unpaired) electrons. The first-order valence-electron chi connectivity index (χ1n) is 10.4. The summed E-state index contributed by atoms with van der Waals surface area (Å²) < 4.78 is 5.24. The Morgan fingerprint density at radius 2 is 1.77 bits per heavy atom. The molecule has 8 heteroatoms. The number of hydrogen-bond donors (Lipinski definition) is 1. The molecule has 0 bridgehead atoms. The number of rotatable bonds is 7. The first-order valence-corrected chi connectivity index (χ1v) is 10.4. The maximum absolute atomic E-state index is 12.4. The minimum atomic E-state index is -0.408. The van der Waals surface area contributed by atoms with Gasteiger partial charge in [0, 0.05) is 24.8 Å². The van der Waals surface area contributed by atoms with E-state index in [0.717, 1.165) is 11.3 Å². The fourth-order valence-corrected chi connectivity index (χ4v) is 3.80. The lowest BCUT2D eigenvalue weighted by atomic mass is 9.96. The molecule has 0 aromatic heterocycles. The summed E-state index contributed by atoms with van der Waals surface area (Å²) in [7, 11) is 0. The molecule has 0 atom stereocenters. The Morgan fingerprint density at radius 3 is 2.45 bits per heavy atom. The number of nitrogens with one attached hydrogen (secondary N) is 1. The number of piperidine rings is 1. The number of esters is 1. The van der Waals surface area contributed by atoms with E-state index in [9.17, 15) is 19.7 Å².